The zero-order valence-electron chi connectivity index (χ0n) is 9.67. The van der Waals surface area contributed by atoms with E-state index in [1.165, 1.54) is 44.9 Å². The van der Waals surface area contributed by atoms with E-state index >= 15 is 0 Å². The molecule has 0 aliphatic heterocycles. The van der Waals surface area contributed by atoms with E-state index in [2.05, 4.69) is 13.8 Å². The largest absolute Gasteiger partial charge is 0.376 e. The molecule has 3 unspecified atom stereocenters. The molecular weight excluding hydrogens is 172 g/mol. The molecule has 2 saturated carbocycles. The Kier molecular flexibility index (Phi) is 3.48. The predicted octanol–water partition coefficient (Wildman–Crippen LogP) is 3.77. The summed E-state index contributed by atoms with van der Waals surface area (Å²) in [5.41, 5.74) is 0. The zero-order valence-corrected chi connectivity index (χ0v) is 9.67. The number of ether oxygens (including phenoxy) is 1. The van der Waals surface area contributed by atoms with E-state index in [9.17, 15) is 0 Å². The summed E-state index contributed by atoms with van der Waals surface area (Å²) >= 11 is 0. The summed E-state index contributed by atoms with van der Waals surface area (Å²) in [7, 11) is 0. The average Bonchev–Trinajstić information content (AvgIpc) is 2.17. The molecule has 0 aromatic heterocycles. The van der Waals surface area contributed by atoms with Crippen molar-refractivity contribution in [2.75, 3.05) is 0 Å². The summed E-state index contributed by atoms with van der Waals surface area (Å²) in [6.45, 7) is 4.32. The van der Waals surface area contributed by atoms with E-state index in [-0.39, 0.29) is 0 Å². The van der Waals surface area contributed by atoms with Crippen molar-refractivity contribution in [3.63, 3.8) is 0 Å². The van der Waals surface area contributed by atoms with Crippen molar-refractivity contribution >= 4 is 0 Å². The molecule has 0 bridgehead atoms. The molecule has 0 spiro atoms. The fourth-order valence-electron chi connectivity index (χ4n) is 3.34. The molecule has 2 aliphatic carbocycles. The molecule has 82 valence electrons. The van der Waals surface area contributed by atoms with Gasteiger partial charge in [-0.05, 0) is 44.9 Å². The van der Waals surface area contributed by atoms with Crippen LogP contribution in [0.3, 0.4) is 0 Å². The van der Waals surface area contributed by atoms with Crippen molar-refractivity contribution in [1.82, 2.24) is 0 Å². The van der Waals surface area contributed by atoms with Gasteiger partial charge in [0.1, 0.15) is 0 Å². The van der Waals surface area contributed by atoms with Crippen LogP contribution in [0, 0.1) is 11.8 Å². The second-order valence-corrected chi connectivity index (χ2v) is 5.42. The van der Waals surface area contributed by atoms with Crippen molar-refractivity contribution in [2.24, 2.45) is 11.8 Å². The van der Waals surface area contributed by atoms with Gasteiger partial charge in [0.2, 0.25) is 0 Å². The maximum atomic E-state index is 5.94. The molecule has 2 fully saturated rings. The minimum atomic E-state index is 0.417. The van der Waals surface area contributed by atoms with E-state index in [0.717, 1.165) is 11.8 Å². The van der Waals surface area contributed by atoms with Crippen molar-refractivity contribution in [3.8, 4) is 0 Å². The fourth-order valence-corrected chi connectivity index (χ4v) is 3.34. The summed E-state index contributed by atoms with van der Waals surface area (Å²) < 4.78 is 5.94. The van der Waals surface area contributed by atoms with Crippen LogP contribution in [0.4, 0.5) is 0 Å². The molecule has 1 heteroatoms. The lowest BCUT2D eigenvalue weighted by atomic mass is 9.70. The molecule has 0 N–H and O–H groups in total. The molecular formula is C13H24O. The summed E-state index contributed by atoms with van der Waals surface area (Å²) in [6, 6.07) is 0. The van der Waals surface area contributed by atoms with Gasteiger partial charge in [-0.3, -0.25) is 0 Å². The van der Waals surface area contributed by atoms with Crippen molar-refractivity contribution in [3.05, 3.63) is 0 Å². The van der Waals surface area contributed by atoms with Crippen molar-refractivity contribution < 1.29 is 4.74 Å². The summed E-state index contributed by atoms with van der Waals surface area (Å²) in [4.78, 5) is 0. The Hall–Kier alpha value is -0.0400. The van der Waals surface area contributed by atoms with Gasteiger partial charge in [-0.1, -0.05) is 25.7 Å². The molecule has 3 atom stereocenters. The third-order valence-electron chi connectivity index (χ3n) is 3.96. The fraction of sp³-hybridized carbons (Fsp3) is 1.00. The van der Waals surface area contributed by atoms with Crippen LogP contribution in [-0.4, -0.2) is 12.2 Å². The predicted molar refractivity (Wildman–Crippen MR) is 59.3 cm³/mol. The van der Waals surface area contributed by atoms with Crippen LogP contribution in [0.25, 0.3) is 0 Å². The number of hydrogen-bond donors (Lipinski definition) is 0. The normalized spacial score (nSPS) is 38.4. The maximum absolute atomic E-state index is 5.94. The molecule has 0 aromatic carbocycles. The first-order valence-corrected chi connectivity index (χ1v) is 6.41. The van der Waals surface area contributed by atoms with Gasteiger partial charge in [0.05, 0.1) is 12.2 Å². The van der Waals surface area contributed by atoms with Crippen LogP contribution < -0.4 is 0 Å². The highest BCUT2D eigenvalue weighted by atomic mass is 16.5. The van der Waals surface area contributed by atoms with E-state index in [4.69, 9.17) is 4.74 Å². The van der Waals surface area contributed by atoms with Gasteiger partial charge in [0.25, 0.3) is 0 Å². The number of fused-ring (bicyclic) bond motifs is 1. The van der Waals surface area contributed by atoms with Crippen LogP contribution in [0.15, 0.2) is 0 Å². The van der Waals surface area contributed by atoms with Crippen molar-refractivity contribution in [1.29, 1.82) is 0 Å². The van der Waals surface area contributed by atoms with E-state index < -0.39 is 0 Å². The van der Waals surface area contributed by atoms with Gasteiger partial charge >= 0.3 is 0 Å². The Labute approximate surface area is 88.2 Å². The molecule has 0 aromatic rings. The second kappa shape index (κ2) is 4.65. The first kappa shape index (κ1) is 10.5. The highest BCUT2D eigenvalue weighted by molar-refractivity contribution is 4.83. The molecule has 1 nitrogen and oxygen atoms in total. The highest BCUT2D eigenvalue weighted by Crippen LogP contribution is 2.41. The SMILES string of the molecule is CC(C)OC1CCC2CCCCC2C1. The Morgan fingerprint density at radius 1 is 0.929 bits per heavy atom. The van der Waals surface area contributed by atoms with Gasteiger partial charge in [0.15, 0.2) is 0 Å². The number of hydrogen-bond acceptors (Lipinski definition) is 1. The quantitative estimate of drug-likeness (QED) is 0.653. The highest BCUT2D eigenvalue weighted by Gasteiger charge is 2.32. The third-order valence-corrected chi connectivity index (χ3v) is 3.96. The van der Waals surface area contributed by atoms with Gasteiger partial charge in [-0.25, -0.2) is 0 Å². The topological polar surface area (TPSA) is 9.23 Å². The van der Waals surface area contributed by atoms with Crippen LogP contribution >= 0.6 is 0 Å². The summed E-state index contributed by atoms with van der Waals surface area (Å²) in [6.07, 6.45) is 11.0. The van der Waals surface area contributed by atoms with Crippen LogP contribution in [-0.2, 0) is 4.74 Å². The first-order chi connectivity index (χ1) is 6.75. The Morgan fingerprint density at radius 2 is 1.64 bits per heavy atom. The molecule has 0 saturated heterocycles. The average molecular weight is 196 g/mol. The minimum absolute atomic E-state index is 0.417. The van der Waals surface area contributed by atoms with Gasteiger partial charge in [-0.15, -0.1) is 0 Å². The van der Waals surface area contributed by atoms with E-state index in [1.54, 1.807) is 0 Å². The second-order valence-electron chi connectivity index (χ2n) is 5.42. The molecule has 0 radical (unpaired) electrons. The van der Waals surface area contributed by atoms with E-state index in [0.29, 0.717) is 12.2 Å². The standard InChI is InChI=1S/C13H24O/c1-10(2)14-13-8-7-11-5-3-4-6-12(11)9-13/h10-13H,3-9H2,1-2H3. The lowest BCUT2D eigenvalue weighted by molar-refractivity contribution is -0.0428. The van der Waals surface area contributed by atoms with Gasteiger partial charge in [0, 0.05) is 0 Å². The minimum Gasteiger partial charge on any atom is -0.376 e. The van der Waals surface area contributed by atoms with E-state index in [1.807, 2.05) is 0 Å². The maximum Gasteiger partial charge on any atom is 0.0581 e. The monoisotopic (exact) mass is 196 g/mol. The Bertz CT molecular complexity index is 176. The molecule has 2 aliphatic rings. The molecule has 14 heavy (non-hydrogen) atoms. The van der Waals surface area contributed by atoms with Crippen LogP contribution in [0.2, 0.25) is 0 Å². The first-order valence-electron chi connectivity index (χ1n) is 6.41. The summed E-state index contributed by atoms with van der Waals surface area (Å²) in [5, 5.41) is 0. The Morgan fingerprint density at radius 3 is 2.36 bits per heavy atom. The van der Waals surface area contributed by atoms with Gasteiger partial charge in [-0.2, -0.15) is 0 Å². The molecule has 2 rings (SSSR count). The zero-order chi connectivity index (χ0) is 9.97. The Balaban J connectivity index is 1.83. The van der Waals surface area contributed by atoms with Gasteiger partial charge < -0.3 is 4.74 Å². The molecule has 0 amide bonds. The molecule has 0 heterocycles. The number of rotatable bonds is 2. The van der Waals surface area contributed by atoms with Crippen molar-refractivity contribution in [2.45, 2.75) is 71.0 Å². The summed E-state index contributed by atoms with van der Waals surface area (Å²) in [5.74, 6) is 2.05. The van der Waals surface area contributed by atoms with Crippen LogP contribution in [0.1, 0.15) is 58.8 Å². The lowest BCUT2D eigenvalue weighted by Gasteiger charge is -2.39. The smallest absolute Gasteiger partial charge is 0.0581 e. The third kappa shape index (κ3) is 2.50. The van der Waals surface area contributed by atoms with Crippen LogP contribution in [0.5, 0.6) is 0 Å². The lowest BCUT2D eigenvalue weighted by Crippen LogP contribution is -2.32.